The van der Waals surface area contributed by atoms with E-state index >= 15 is 0 Å². The van der Waals surface area contributed by atoms with Gasteiger partial charge in [0, 0.05) is 13.1 Å². The van der Waals surface area contributed by atoms with Gasteiger partial charge in [-0.1, -0.05) is 0 Å². The smallest absolute Gasteiger partial charge is 0.410 e. The van der Waals surface area contributed by atoms with Crippen molar-refractivity contribution in [2.45, 2.75) is 45.6 Å². The summed E-state index contributed by atoms with van der Waals surface area (Å²) in [6, 6.07) is 0. The van der Waals surface area contributed by atoms with Crippen LogP contribution in [0.15, 0.2) is 0 Å². The van der Waals surface area contributed by atoms with Gasteiger partial charge in [0.05, 0.1) is 13.0 Å². The molecule has 0 aromatic carbocycles. The Bertz CT molecular complexity index is 388. The van der Waals surface area contributed by atoms with Gasteiger partial charge >= 0.3 is 12.1 Å². The summed E-state index contributed by atoms with van der Waals surface area (Å²) in [6.07, 6.45) is 2.46. The Kier molecular flexibility index (Phi) is 4.25. The average Bonchev–Trinajstić information content (AvgIpc) is 2.78. The molecule has 5 heteroatoms. The Hall–Kier alpha value is -1.26. The number of ether oxygens (including phenoxy) is 2. The Morgan fingerprint density at radius 3 is 2.35 bits per heavy atom. The van der Waals surface area contributed by atoms with E-state index in [4.69, 9.17) is 9.47 Å². The third kappa shape index (κ3) is 3.44. The van der Waals surface area contributed by atoms with Gasteiger partial charge in [-0.2, -0.15) is 0 Å². The molecule has 114 valence electrons. The molecule has 0 spiro atoms. The highest BCUT2D eigenvalue weighted by molar-refractivity contribution is 5.72. The molecule has 2 rings (SSSR count). The molecule has 1 aliphatic heterocycles. The Morgan fingerprint density at radius 1 is 1.10 bits per heavy atom. The van der Waals surface area contributed by atoms with Crippen LogP contribution >= 0.6 is 0 Å². The van der Waals surface area contributed by atoms with E-state index in [1.54, 1.807) is 4.90 Å². The zero-order chi connectivity index (χ0) is 14.9. The highest BCUT2D eigenvalue weighted by Gasteiger charge is 2.42. The van der Waals surface area contributed by atoms with E-state index in [0.29, 0.717) is 18.4 Å². The summed E-state index contributed by atoms with van der Waals surface area (Å²) in [6.45, 7) is 7.09. The van der Waals surface area contributed by atoms with Crippen LogP contribution in [0, 0.1) is 17.8 Å². The van der Waals surface area contributed by atoms with E-state index in [-0.39, 0.29) is 18.0 Å². The molecule has 2 fully saturated rings. The quantitative estimate of drug-likeness (QED) is 0.694. The lowest BCUT2D eigenvalue weighted by Gasteiger charge is -2.28. The third-order valence-corrected chi connectivity index (χ3v) is 4.24. The summed E-state index contributed by atoms with van der Waals surface area (Å²) in [7, 11) is 1.44. The maximum Gasteiger partial charge on any atom is 0.410 e. The van der Waals surface area contributed by atoms with Crippen LogP contribution in [0.3, 0.4) is 0 Å². The number of amides is 1. The highest BCUT2D eigenvalue weighted by atomic mass is 16.6. The van der Waals surface area contributed by atoms with Gasteiger partial charge in [0.25, 0.3) is 0 Å². The first-order valence-electron chi connectivity index (χ1n) is 7.36. The number of carbonyl (C=O) groups excluding carboxylic acids is 2. The molecule has 1 aliphatic carbocycles. The first-order chi connectivity index (χ1) is 9.30. The molecule has 0 aromatic heterocycles. The zero-order valence-electron chi connectivity index (χ0n) is 12.8. The van der Waals surface area contributed by atoms with Crippen molar-refractivity contribution < 1.29 is 19.1 Å². The van der Waals surface area contributed by atoms with Gasteiger partial charge in [-0.05, 0) is 51.9 Å². The molecule has 20 heavy (non-hydrogen) atoms. The summed E-state index contributed by atoms with van der Waals surface area (Å²) in [5, 5.41) is 0. The van der Waals surface area contributed by atoms with Crippen molar-refractivity contribution in [2.75, 3.05) is 20.2 Å². The molecule has 0 bridgehead atoms. The van der Waals surface area contributed by atoms with Gasteiger partial charge < -0.3 is 14.4 Å². The van der Waals surface area contributed by atoms with Crippen LogP contribution in [0.4, 0.5) is 4.79 Å². The Morgan fingerprint density at radius 2 is 1.75 bits per heavy atom. The SMILES string of the molecule is COC(=O)C1CCC2CN(C(=O)OC(C)(C)C)CC2C1. The molecule has 0 radical (unpaired) electrons. The van der Waals surface area contributed by atoms with Crippen molar-refractivity contribution in [2.24, 2.45) is 17.8 Å². The summed E-state index contributed by atoms with van der Waals surface area (Å²) in [5.74, 6) is 0.794. The van der Waals surface area contributed by atoms with Crippen molar-refractivity contribution in [3.05, 3.63) is 0 Å². The van der Waals surface area contributed by atoms with Crippen molar-refractivity contribution in [1.29, 1.82) is 0 Å². The standard InChI is InChI=1S/C15H25NO4/c1-15(2,3)20-14(18)16-8-11-6-5-10(13(17)19-4)7-12(11)9-16/h10-12H,5-9H2,1-4H3. The van der Waals surface area contributed by atoms with Gasteiger partial charge in [-0.25, -0.2) is 4.79 Å². The molecule has 3 atom stereocenters. The maximum atomic E-state index is 12.1. The number of methoxy groups -OCH3 is 1. The number of esters is 1. The van der Waals surface area contributed by atoms with Crippen LogP contribution in [0.25, 0.3) is 0 Å². The number of likely N-dealkylation sites (tertiary alicyclic amines) is 1. The van der Waals surface area contributed by atoms with Crippen LogP contribution in [-0.4, -0.2) is 42.8 Å². The van der Waals surface area contributed by atoms with Gasteiger partial charge in [0.1, 0.15) is 5.60 Å². The van der Waals surface area contributed by atoms with Gasteiger partial charge in [0.15, 0.2) is 0 Å². The van der Waals surface area contributed by atoms with E-state index in [0.717, 1.165) is 25.8 Å². The number of fused-ring (bicyclic) bond motifs is 1. The molecule has 1 saturated heterocycles. The minimum absolute atomic E-state index is 0.000151. The topological polar surface area (TPSA) is 55.8 Å². The van der Waals surface area contributed by atoms with E-state index in [1.165, 1.54) is 7.11 Å². The van der Waals surface area contributed by atoms with E-state index < -0.39 is 5.60 Å². The minimum atomic E-state index is -0.459. The first-order valence-corrected chi connectivity index (χ1v) is 7.36. The normalized spacial score (nSPS) is 29.8. The molecule has 0 aromatic rings. The van der Waals surface area contributed by atoms with Gasteiger partial charge in [-0.15, -0.1) is 0 Å². The van der Waals surface area contributed by atoms with E-state index in [1.807, 2.05) is 20.8 Å². The summed E-state index contributed by atoms with van der Waals surface area (Å²) >= 11 is 0. The molecular formula is C15H25NO4. The molecule has 1 saturated carbocycles. The predicted octanol–water partition coefficient (Wildman–Crippen LogP) is 2.44. The molecule has 1 heterocycles. The fourth-order valence-electron chi connectivity index (χ4n) is 3.29. The molecule has 5 nitrogen and oxygen atoms in total. The fourth-order valence-corrected chi connectivity index (χ4v) is 3.29. The average molecular weight is 283 g/mol. The molecule has 3 unspecified atom stereocenters. The summed E-state index contributed by atoms with van der Waals surface area (Å²) < 4.78 is 10.3. The van der Waals surface area contributed by atoms with Crippen molar-refractivity contribution in [1.82, 2.24) is 4.90 Å². The number of hydrogen-bond acceptors (Lipinski definition) is 4. The van der Waals surface area contributed by atoms with Crippen LogP contribution in [-0.2, 0) is 14.3 Å². The second-order valence-electron chi connectivity index (χ2n) is 6.94. The first kappa shape index (κ1) is 15.1. The minimum Gasteiger partial charge on any atom is -0.469 e. The number of hydrogen-bond donors (Lipinski definition) is 0. The summed E-state index contributed by atoms with van der Waals surface area (Å²) in [5.41, 5.74) is -0.459. The number of rotatable bonds is 1. The summed E-state index contributed by atoms with van der Waals surface area (Å²) in [4.78, 5) is 25.5. The Labute approximate surface area is 120 Å². The maximum absolute atomic E-state index is 12.1. The zero-order valence-corrected chi connectivity index (χ0v) is 12.8. The van der Waals surface area contributed by atoms with Gasteiger partial charge in [0.2, 0.25) is 0 Å². The molecule has 0 N–H and O–H groups in total. The second-order valence-corrected chi connectivity index (χ2v) is 6.94. The van der Waals surface area contributed by atoms with E-state index in [2.05, 4.69) is 0 Å². The van der Waals surface area contributed by atoms with Gasteiger partial charge in [-0.3, -0.25) is 4.79 Å². The lowest BCUT2D eigenvalue weighted by atomic mass is 9.76. The monoisotopic (exact) mass is 283 g/mol. The van der Waals surface area contributed by atoms with Crippen molar-refractivity contribution in [3.63, 3.8) is 0 Å². The van der Waals surface area contributed by atoms with Crippen LogP contribution in [0.5, 0.6) is 0 Å². The molecular weight excluding hydrogens is 258 g/mol. The largest absolute Gasteiger partial charge is 0.469 e. The fraction of sp³-hybridized carbons (Fsp3) is 0.867. The van der Waals surface area contributed by atoms with Crippen LogP contribution in [0.2, 0.25) is 0 Å². The Balaban J connectivity index is 1.92. The lowest BCUT2D eigenvalue weighted by molar-refractivity contribution is -0.147. The van der Waals surface area contributed by atoms with E-state index in [9.17, 15) is 9.59 Å². The van der Waals surface area contributed by atoms with Crippen molar-refractivity contribution >= 4 is 12.1 Å². The number of carbonyl (C=O) groups is 2. The molecule has 2 aliphatic rings. The molecule has 1 amide bonds. The number of nitrogens with zero attached hydrogens (tertiary/aromatic N) is 1. The third-order valence-electron chi connectivity index (χ3n) is 4.24. The lowest BCUT2D eigenvalue weighted by Crippen LogP contribution is -2.35. The second kappa shape index (κ2) is 5.62. The highest BCUT2D eigenvalue weighted by Crippen LogP contribution is 2.39. The van der Waals surface area contributed by atoms with Crippen LogP contribution < -0.4 is 0 Å². The van der Waals surface area contributed by atoms with Crippen LogP contribution in [0.1, 0.15) is 40.0 Å². The van der Waals surface area contributed by atoms with Crippen molar-refractivity contribution in [3.8, 4) is 0 Å². The predicted molar refractivity (Wildman–Crippen MR) is 74.1 cm³/mol.